The summed E-state index contributed by atoms with van der Waals surface area (Å²) in [6.07, 6.45) is 6.04. The van der Waals surface area contributed by atoms with Gasteiger partial charge in [-0.2, -0.15) is 0 Å². The molecule has 1 aliphatic rings. The normalized spacial score (nSPS) is 22.5. The molecule has 0 aliphatic carbocycles. The van der Waals surface area contributed by atoms with E-state index in [1.165, 1.54) is 0 Å². The Labute approximate surface area is 110 Å². The zero-order chi connectivity index (χ0) is 13.2. The van der Waals surface area contributed by atoms with E-state index in [4.69, 9.17) is 5.11 Å². The molecule has 1 fully saturated rings. The van der Waals surface area contributed by atoms with Gasteiger partial charge < -0.3 is 15.0 Å². The van der Waals surface area contributed by atoms with Crippen LogP contribution in [0.5, 0.6) is 0 Å². The molecule has 0 radical (unpaired) electrons. The molecule has 5 nitrogen and oxygen atoms in total. The summed E-state index contributed by atoms with van der Waals surface area (Å²) in [6.45, 7) is 0.545. The largest absolute Gasteiger partial charge is 0.481 e. The first-order chi connectivity index (χ1) is 9.24. The van der Waals surface area contributed by atoms with E-state index >= 15 is 0 Å². The first-order valence-corrected chi connectivity index (χ1v) is 6.28. The number of nitrogens with one attached hydrogen (secondary N) is 1. The Morgan fingerprint density at radius 1 is 1.37 bits per heavy atom. The molecule has 2 unspecified atom stereocenters. The van der Waals surface area contributed by atoms with Gasteiger partial charge in [-0.15, -0.1) is 0 Å². The van der Waals surface area contributed by atoms with Crippen LogP contribution >= 0.6 is 0 Å². The number of carboxylic acid groups (broad SMARTS) is 1. The number of benzene rings is 1. The van der Waals surface area contributed by atoms with Crippen molar-refractivity contribution >= 4 is 5.97 Å². The van der Waals surface area contributed by atoms with Gasteiger partial charge in [-0.25, -0.2) is 4.98 Å². The lowest BCUT2D eigenvalue weighted by molar-refractivity contribution is -0.141. The van der Waals surface area contributed by atoms with E-state index < -0.39 is 5.97 Å². The zero-order valence-electron chi connectivity index (χ0n) is 10.4. The van der Waals surface area contributed by atoms with Crippen molar-refractivity contribution in [2.24, 2.45) is 5.92 Å². The van der Waals surface area contributed by atoms with Gasteiger partial charge in [0, 0.05) is 30.7 Å². The SMILES string of the molecule is O=C(O)C1CNC(c2ccc(-n3ccnc3)cc2)C1. The van der Waals surface area contributed by atoms with E-state index in [-0.39, 0.29) is 12.0 Å². The number of hydrogen-bond donors (Lipinski definition) is 2. The van der Waals surface area contributed by atoms with E-state index in [1.807, 2.05) is 35.0 Å². The molecule has 1 aromatic carbocycles. The molecule has 0 bridgehead atoms. The number of hydrogen-bond acceptors (Lipinski definition) is 3. The Morgan fingerprint density at radius 3 is 2.74 bits per heavy atom. The summed E-state index contributed by atoms with van der Waals surface area (Å²) in [5.41, 5.74) is 2.18. The number of carbonyl (C=O) groups is 1. The molecule has 2 N–H and O–H groups in total. The maximum Gasteiger partial charge on any atom is 0.307 e. The van der Waals surface area contributed by atoms with Crippen molar-refractivity contribution in [1.82, 2.24) is 14.9 Å². The first-order valence-electron chi connectivity index (χ1n) is 6.28. The first kappa shape index (κ1) is 11.9. The average molecular weight is 257 g/mol. The second kappa shape index (κ2) is 4.85. The predicted octanol–water partition coefficient (Wildman–Crippen LogP) is 1.61. The van der Waals surface area contributed by atoms with Crippen LogP contribution in [0.4, 0.5) is 0 Å². The molecule has 2 aromatic rings. The maximum absolute atomic E-state index is 10.9. The lowest BCUT2D eigenvalue weighted by atomic mass is 10.00. The van der Waals surface area contributed by atoms with E-state index in [1.54, 1.807) is 12.5 Å². The highest BCUT2D eigenvalue weighted by atomic mass is 16.4. The molecule has 0 saturated carbocycles. The van der Waals surface area contributed by atoms with E-state index in [2.05, 4.69) is 10.3 Å². The predicted molar refractivity (Wildman–Crippen MR) is 70.1 cm³/mol. The van der Waals surface area contributed by atoms with Crippen LogP contribution in [0.1, 0.15) is 18.0 Å². The highest BCUT2D eigenvalue weighted by Gasteiger charge is 2.29. The Morgan fingerprint density at radius 2 is 2.16 bits per heavy atom. The third-order valence-electron chi connectivity index (χ3n) is 3.58. The third kappa shape index (κ3) is 2.37. The van der Waals surface area contributed by atoms with Gasteiger partial charge in [0.25, 0.3) is 0 Å². The second-order valence-corrected chi connectivity index (χ2v) is 4.79. The van der Waals surface area contributed by atoms with Crippen molar-refractivity contribution in [3.63, 3.8) is 0 Å². The molecule has 1 saturated heterocycles. The van der Waals surface area contributed by atoms with Gasteiger partial charge >= 0.3 is 5.97 Å². The van der Waals surface area contributed by atoms with Gasteiger partial charge in [-0.1, -0.05) is 12.1 Å². The molecule has 19 heavy (non-hydrogen) atoms. The molecule has 1 aromatic heterocycles. The Kier molecular flexibility index (Phi) is 3.05. The molecule has 2 atom stereocenters. The minimum Gasteiger partial charge on any atom is -0.481 e. The van der Waals surface area contributed by atoms with Gasteiger partial charge in [0.05, 0.1) is 12.2 Å². The lowest BCUT2D eigenvalue weighted by Crippen LogP contribution is -2.17. The molecular weight excluding hydrogens is 242 g/mol. The maximum atomic E-state index is 10.9. The Hall–Kier alpha value is -2.14. The molecular formula is C14H15N3O2. The molecule has 0 spiro atoms. The summed E-state index contributed by atoms with van der Waals surface area (Å²) in [4.78, 5) is 15.0. The van der Waals surface area contributed by atoms with Crippen molar-refractivity contribution in [2.75, 3.05) is 6.54 Å². The molecule has 2 heterocycles. The molecule has 1 aliphatic heterocycles. The summed E-state index contributed by atoms with van der Waals surface area (Å²) in [7, 11) is 0. The molecule has 5 heteroatoms. The van der Waals surface area contributed by atoms with Crippen LogP contribution in [-0.4, -0.2) is 27.2 Å². The van der Waals surface area contributed by atoms with Gasteiger partial charge in [-0.05, 0) is 24.1 Å². The highest BCUT2D eigenvalue weighted by Crippen LogP contribution is 2.27. The quantitative estimate of drug-likeness (QED) is 0.876. The zero-order valence-corrected chi connectivity index (χ0v) is 10.4. The fourth-order valence-corrected chi connectivity index (χ4v) is 2.47. The lowest BCUT2D eigenvalue weighted by Gasteiger charge is -2.11. The van der Waals surface area contributed by atoms with E-state index in [0.29, 0.717) is 13.0 Å². The summed E-state index contributed by atoms with van der Waals surface area (Å²) < 4.78 is 1.94. The molecule has 0 amide bonds. The Balaban J connectivity index is 1.75. The molecule has 3 rings (SSSR count). The number of aliphatic carboxylic acids is 1. The van der Waals surface area contributed by atoms with E-state index in [0.717, 1.165) is 11.3 Å². The van der Waals surface area contributed by atoms with Crippen LogP contribution < -0.4 is 5.32 Å². The third-order valence-corrected chi connectivity index (χ3v) is 3.58. The number of rotatable bonds is 3. The fourth-order valence-electron chi connectivity index (χ4n) is 2.47. The van der Waals surface area contributed by atoms with Crippen LogP contribution in [0.25, 0.3) is 5.69 Å². The second-order valence-electron chi connectivity index (χ2n) is 4.79. The van der Waals surface area contributed by atoms with Crippen LogP contribution in [0.2, 0.25) is 0 Å². The van der Waals surface area contributed by atoms with Gasteiger partial charge in [0.2, 0.25) is 0 Å². The van der Waals surface area contributed by atoms with Crippen molar-refractivity contribution in [2.45, 2.75) is 12.5 Å². The summed E-state index contributed by atoms with van der Waals surface area (Å²) in [6, 6.07) is 8.26. The average Bonchev–Trinajstić information content (AvgIpc) is 3.11. The number of carboxylic acids is 1. The minimum absolute atomic E-state index is 0.137. The van der Waals surface area contributed by atoms with Gasteiger partial charge in [0.15, 0.2) is 0 Å². The number of nitrogens with zero attached hydrogens (tertiary/aromatic N) is 2. The van der Waals surface area contributed by atoms with Crippen molar-refractivity contribution in [3.8, 4) is 5.69 Å². The van der Waals surface area contributed by atoms with Crippen LogP contribution in [0, 0.1) is 5.92 Å². The number of imidazole rings is 1. The van der Waals surface area contributed by atoms with E-state index in [9.17, 15) is 4.79 Å². The van der Waals surface area contributed by atoms with Gasteiger partial charge in [0.1, 0.15) is 0 Å². The standard InChI is InChI=1S/C14H15N3O2/c18-14(19)11-7-13(16-8-11)10-1-3-12(4-2-10)17-6-5-15-9-17/h1-6,9,11,13,16H,7-8H2,(H,18,19). The molecule has 98 valence electrons. The van der Waals surface area contributed by atoms with Crippen LogP contribution in [-0.2, 0) is 4.79 Å². The van der Waals surface area contributed by atoms with Gasteiger partial charge in [-0.3, -0.25) is 4.79 Å². The summed E-state index contributed by atoms with van der Waals surface area (Å²) in [5.74, 6) is -0.997. The smallest absolute Gasteiger partial charge is 0.307 e. The Bertz CT molecular complexity index is 563. The number of aromatic nitrogens is 2. The topological polar surface area (TPSA) is 67.2 Å². The highest BCUT2D eigenvalue weighted by molar-refractivity contribution is 5.70. The van der Waals surface area contributed by atoms with Crippen molar-refractivity contribution in [3.05, 3.63) is 48.5 Å². The summed E-state index contributed by atoms with van der Waals surface area (Å²) in [5, 5.41) is 12.3. The van der Waals surface area contributed by atoms with Crippen LogP contribution in [0.3, 0.4) is 0 Å². The fraction of sp³-hybridized carbons (Fsp3) is 0.286. The minimum atomic E-state index is -0.718. The summed E-state index contributed by atoms with van der Waals surface area (Å²) >= 11 is 0. The van der Waals surface area contributed by atoms with Crippen molar-refractivity contribution in [1.29, 1.82) is 0 Å². The monoisotopic (exact) mass is 257 g/mol. The van der Waals surface area contributed by atoms with Crippen molar-refractivity contribution < 1.29 is 9.90 Å². The van der Waals surface area contributed by atoms with Crippen LogP contribution in [0.15, 0.2) is 43.0 Å².